The van der Waals surface area contributed by atoms with E-state index in [-0.39, 0.29) is 17.8 Å². The van der Waals surface area contributed by atoms with Crippen molar-refractivity contribution < 1.29 is 24.0 Å². The number of aromatic nitrogens is 1. The molecule has 7 nitrogen and oxygen atoms in total. The van der Waals surface area contributed by atoms with E-state index in [1.807, 2.05) is 20.8 Å². The summed E-state index contributed by atoms with van der Waals surface area (Å²) >= 11 is 0. The molecule has 0 saturated carbocycles. The first-order valence-corrected chi connectivity index (χ1v) is 6.94. The number of carbonyl (C=O) groups excluding carboxylic acids is 1. The second-order valence-corrected chi connectivity index (χ2v) is 6.16. The summed E-state index contributed by atoms with van der Waals surface area (Å²) in [5.41, 5.74) is 0.132. The van der Waals surface area contributed by atoms with Crippen LogP contribution in [0, 0.1) is 0 Å². The highest BCUT2D eigenvalue weighted by Crippen LogP contribution is 2.28. The highest BCUT2D eigenvalue weighted by Gasteiger charge is 2.29. The van der Waals surface area contributed by atoms with Crippen LogP contribution in [0.3, 0.4) is 0 Å². The fourth-order valence-corrected chi connectivity index (χ4v) is 2.27. The van der Waals surface area contributed by atoms with Gasteiger partial charge >= 0.3 is 12.1 Å². The Morgan fingerprint density at radius 2 is 2.00 bits per heavy atom. The monoisotopic (exact) mass is 296 g/mol. The minimum atomic E-state index is -1.13. The molecule has 1 aliphatic heterocycles. The Morgan fingerprint density at radius 1 is 1.38 bits per heavy atom. The van der Waals surface area contributed by atoms with Gasteiger partial charge < -0.3 is 19.3 Å². The second kappa shape index (κ2) is 5.75. The van der Waals surface area contributed by atoms with Gasteiger partial charge in [-0.15, -0.1) is 0 Å². The van der Waals surface area contributed by atoms with Crippen molar-refractivity contribution in [1.29, 1.82) is 0 Å². The third kappa shape index (κ3) is 3.96. The van der Waals surface area contributed by atoms with E-state index in [2.05, 4.69) is 5.16 Å². The molecular weight excluding hydrogens is 276 g/mol. The molecule has 1 fully saturated rings. The zero-order chi connectivity index (χ0) is 15.6. The lowest BCUT2D eigenvalue weighted by molar-refractivity contribution is 0.0203. The Kier molecular flexibility index (Phi) is 4.20. The molecule has 1 aliphatic rings. The second-order valence-electron chi connectivity index (χ2n) is 6.16. The van der Waals surface area contributed by atoms with E-state index in [1.54, 1.807) is 4.90 Å². The van der Waals surface area contributed by atoms with E-state index in [1.165, 1.54) is 6.07 Å². The summed E-state index contributed by atoms with van der Waals surface area (Å²) in [7, 11) is 0. The molecule has 0 unspecified atom stereocenters. The van der Waals surface area contributed by atoms with Crippen molar-refractivity contribution in [2.45, 2.75) is 45.1 Å². The molecule has 2 heterocycles. The van der Waals surface area contributed by atoms with Crippen LogP contribution in [0.15, 0.2) is 10.6 Å². The van der Waals surface area contributed by atoms with Gasteiger partial charge in [0, 0.05) is 25.1 Å². The van der Waals surface area contributed by atoms with E-state index >= 15 is 0 Å². The molecule has 21 heavy (non-hydrogen) atoms. The number of carbonyl (C=O) groups is 2. The average molecular weight is 296 g/mol. The lowest BCUT2D eigenvalue weighted by atomic mass is 9.93. The van der Waals surface area contributed by atoms with Gasteiger partial charge in [-0.05, 0) is 33.6 Å². The maximum Gasteiger partial charge on any atom is 0.410 e. The van der Waals surface area contributed by atoms with Crippen molar-refractivity contribution in [2.24, 2.45) is 0 Å². The largest absolute Gasteiger partial charge is 0.475 e. The number of likely N-dealkylation sites (tertiary alicyclic amines) is 1. The van der Waals surface area contributed by atoms with Crippen molar-refractivity contribution in [1.82, 2.24) is 10.1 Å². The number of nitrogens with zero attached hydrogens (tertiary/aromatic N) is 2. The maximum absolute atomic E-state index is 11.9. The predicted octanol–water partition coefficient (Wildman–Crippen LogP) is 2.49. The summed E-state index contributed by atoms with van der Waals surface area (Å²) in [4.78, 5) is 24.4. The highest BCUT2D eigenvalue weighted by molar-refractivity contribution is 5.84. The minimum absolute atomic E-state index is 0.112. The van der Waals surface area contributed by atoms with Gasteiger partial charge in [-0.25, -0.2) is 9.59 Å². The van der Waals surface area contributed by atoms with Crippen LogP contribution in [-0.2, 0) is 4.74 Å². The van der Waals surface area contributed by atoms with Gasteiger partial charge in [-0.2, -0.15) is 0 Å². The van der Waals surface area contributed by atoms with E-state index in [4.69, 9.17) is 14.4 Å². The van der Waals surface area contributed by atoms with Gasteiger partial charge in [0.15, 0.2) is 0 Å². The van der Waals surface area contributed by atoms with Crippen LogP contribution in [0.4, 0.5) is 4.79 Å². The third-order valence-corrected chi connectivity index (χ3v) is 3.30. The molecule has 2 rings (SSSR count). The van der Waals surface area contributed by atoms with Crippen LogP contribution >= 0.6 is 0 Å². The van der Waals surface area contributed by atoms with Crippen molar-refractivity contribution in [3.8, 4) is 0 Å². The van der Waals surface area contributed by atoms with Crippen LogP contribution in [0.1, 0.15) is 55.8 Å². The molecule has 0 bridgehead atoms. The zero-order valence-corrected chi connectivity index (χ0v) is 12.5. The molecule has 1 aromatic rings. The minimum Gasteiger partial charge on any atom is -0.475 e. The number of carboxylic acids is 1. The Balaban J connectivity index is 1.90. The molecule has 0 aromatic carbocycles. The SMILES string of the molecule is CC(C)(C)OC(=O)N1CCC(c2cc(C(=O)O)on2)CC1. The van der Waals surface area contributed by atoms with Crippen molar-refractivity contribution in [3.63, 3.8) is 0 Å². The van der Waals surface area contributed by atoms with Crippen molar-refractivity contribution in [2.75, 3.05) is 13.1 Å². The summed E-state index contributed by atoms with van der Waals surface area (Å²) in [6.45, 7) is 6.63. The molecule has 1 aromatic heterocycles. The van der Waals surface area contributed by atoms with E-state index < -0.39 is 11.6 Å². The van der Waals surface area contributed by atoms with Crippen LogP contribution in [0.5, 0.6) is 0 Å². The van der Waals surface area contributed by atoms with E-state index in [0.29, 0.717) is 31.6 Å². The number of ether oxygens (including phenoxy) is 1. The first-order valence-electron chi connectivity index (χ1n) is 6.94. The van der Waals surface area contributed by atoms with Gasteiger partial charge in [0.2, 0.25) is 5.76 Å². The highest BCUT2D eigenvalue weighted by atomic mass is 16.6. The van der Waals surface area contributed by atoms with Crippen LogP contribution in [0.25, 0.3) is 0 Å². The first-order chi connectivity index (χ1) is 9.76. The number of hydrogen-bond acceptors (Lipinski definition) is 5. The van der Waals surface area contributed by atoms with Crippen LogP contribution < -0.4 is 0 Å². The number of hydrogen-bond donors (Lipinski definition) is 1. The van der Waals surface area contributed by atoms with E-state index in [0.717, 1.165) is 0 Å². The molecule has 7 heteroatoms. The van der Waals surface area contributed by atoms with Gasteiger partial charge in [0.05, 0.1) is 5.69 Å². The molecule has 0 atom stereocenters. The number of piperidine rings is 1. The molecule has 1 N–H and O–H groups in total. The van der Waals surface area contributed by atoms with Crippen LogP contribution in [-0.4, -0.2) is 45.9 Å². The van der Waals surface area contributed by atoms with Crippen LogP contribution in [0.2, 0.25) is 0 Å². The van der Waals surface area contributed by atoms with Crippen molar-refractivity contribution >= 4 is 12.1 Å². The quantitative estimate of drug-likeness (QED) is 0.901. The fourth-order valence-electron chi connectivity index (χ4n) is 2.27. The maximum atomic E-state index is 11.9. The number of carboxylic acid groups (broad SMARTS) is 1. The summed E-state index contributed by atoms with van der Waals surface area (Å²) < 4.78 is 10.1. The Morgan fingerprint density at radius 3 is 2.48 bits per heavy atom. The topological polar surface area (TPSA) is 92.9 Å². The molecule has 0 spiro atoms. The Bertz CT molecular complexity index is 524. The molecule has 1 amide bonds. The van der Waals surface area contributed by atoms with Gasteiger partial charge in [0.25, 0.3) is 0 Å². The lowest BCUT2D eigenvalue weighted by Crippen LogP contribution is -2.41. The average Bonchev–Trinajstić information content (AvgIpc) is 2.86. The third-order valence-electron chi connectivity index (χ3n) is 3.30. The summed E-state index contributed by atoms with van der Waals surface area (Å²) in [6.07, 6.45) is 1.11. The lowest BCUT2D eigenvalue weighted by Gasteiger charge is -2.32. The fraction of sp³-hybridized carbons (Fsp3) is 0.643. The van der Waals surface area contributed by atoms with E-state index in [9.17, 15) is 9.59 Å². The normalized spacial score (nSPS) is 16.8. The number of amides is 1. The van der Waals surface area contributed by atoms with Gasteiger partial charge in [-0.3, -0.25) is 0 Å². The summed E-state index contributed by atoms with van der Waals surface area (Å²) in [6, 6.07) is 1.45. The van der Waals surface area contributed by atoms with Crippen molar-refractivity contribution in [3.05, 3.63) is 17.5 Å². The molecule has 116 valence electrons. The number of rotatable bonds is 2. The molecule has 1 saturated heterocycles. The standard InChI is InChI=1S/C14H20N2O5/c1-14(2,3)20-13(19)16-6-4-9(5-7-16)10-8-11(12(17)18)21-15-10/h8-9H,4-7H2,1-3H3,(H,17,18). The Labute approximate surface area is 122 Å². The smallest absolute Gasteiger partial charge is 0.410 e. The summed E-state index contributed by atoms with van der Waals surface area (Å²) in [5.74, 6) is -1.17. The number of aromatic carboxylic acids is 1. The predicted molar refractivity (Wildman–Crippen MR) is 73.2 cm³/mol. The Hall–Kier alpha value is -2.05. The first kappa shape index (κ1) is 15.3. The summed E-state index contributed by atoms with van der Waals surface area (Å²) in [5, 5.41) is 12.6. The van der Waals surface area contributed by atoms with Gasteiger partial charge in [0.1, 0.15) is 5.60 Å². The molecular formula is C14H20N2O5. The zero-order valence-electron chi connectivity index (χ0n) is 12.5. The molecule has 0 radical (unpaired) electrons. The molecule has 0 aliphatic carbocycles. The van der Waals surface area contributed by atoms with Gasteiger partial charge in [-0.1, -0.05) is 5.16 Å².